The third kappa shape index (κ3) is 4.49. The molecule has 0 aromatic carbocycles. The molecule has 0 aliphatic rings. The van der Waals surface area contributed by atoms with Crippen LogP contribution in [-0.2, 0) is 9.53 Å². The van der Waals surface area contributed by atoms with Gasteiger partial charge in [-0.05, 0) is 33.8 Å². The second-order valence-electron chi connectivity index (χ2n) is 6.28. The van der Waals surface area contributed by atoms with Crippen molar-refractivity contribution in [1.29, 1.82) is 0 Å². The van der Waals surface area contributed by atoms with Crippen LogP contribution in [0, 0.1) is 0 Å². The van der Waals surface area contributed by atoms with Crippen molar-refractivity contribution in [2.24, 2.45) is 0 Å². The van der Waals surface area contributed by atoms with Crippen molar-refractivity contribution in [3.8, 4) is 5.95 Å². The zero-order valence-corrected chi connectivity index (χ0v) is 14.8. The van der Waals surface area contributed by atoms with E-state index in [0.717, 1.165) is 0 Å². The van der Waals surface area contributed by atoms with Gasteiger partial charge in [-0.1, -0.05) is 0 Å². The molecule has 0 saturated heterocycles. The van der Waals surface area contributed by atoms with Gasteiger partial charge in [0.15, 0.2) is 5.82 Å². The minimum absolute atomic E-state index is 0.108. The molecule has 1 N–H and O–H groups in total. The van der Waals surface area contributed by atoms with Crippen molar-refractivity contribution in [3.05, 3.63) is 24.3 Å². The molecule has 0 spiro atoms. The molecule has 25 heavy (non-hydrogen) atoms. The summed E-state index contributed by atoms with van der Waals surface area (Å²) in [4.78, 5) is 36.8. The number of hydrogen-bond donors (Lipinski definition) is 1. The van der Waals surface area contributed by atoms with Gasteiger partial charge in [0.1, 0.15) is 5.60 Å². The molecule has 1 atom stereocenters. The Labute approximate surface area is 145 Å². The quantitative estimate of drug-likeness (QED) is 0.809. The molecule has 134 valence electrons. The number of aromatic nitrogens is 5. The Balaban J connectivity index is 2.40. The van der Waals surface area contributed by atoms with Crippen LogP contribution in [0.3, 0.4) is 0 Å². The highest BCUT2D eigenvalue weighted by molar-refractivity contribution is 5.84. The minimum atomic E-state index is -0.647. The molecule has 2 amide bonds. The van der Waals surface area contributed by atoms with Gasteiger partial charge >= 0.3 is 6.09 Å². The third-order valence-electron chi connectivity index (χ3n) is 3.04. The molecule has 2 aromatic rings. The first-order chi connectivity index (χ1) is 11.7. The maximum Gasteiger partial charge on any atom is 0.416 e. The second-order valence-corrected chi connectivity index (χ2v) is 6.28. The number of anilines is 1. The van der Waals surface area contributed by atoms with Gasteiger partial charge in [0.2, 0.25) is 6.41 Å². The number of nitrogens with one attached hydrogen (secondary N) is 1. The number of carbonyl (C=O) groups is 2. The van der Waals surface area contributed by atoms with E-state index in [9.17, 15) is 9.59 Å². The van der Waals surface area contributed by atoms with Gasteiger partial charge in [0.25, 0.3) is 11.9 Å². The molecular weight excluding hydrogens is 326 g/mol. The first kappa shape index (κ1) is 18.3. The van der Waals surface area contributed by atoms with Crippen LogP contribution >= 0.6 is 0 Å². The summed E-state index contributed by atoms with van der Waals surface area (Å²) in [7, 11) is 1.50. The highest BCUT2D eigenvalue weighted by Crippen LogP contribution is 2.19. The molecular formula is C15H21N7O3. The molecule has 0 fully saturated rings. The third-order valence-corrected chi connectivity index (χ3v) is 3.04. The monoisotopic (exact) mass is 347 g/mol. The van der Waals surface area contributed by atoms with Crippen molar-refractivity contribution in [3.63, 3.8) is 0 Å². The summed E-state index contributed by atoms with van der Waals surface area (Å²) in [6.45, 7) is 7.04. The zero-order chi connectivity index (χ0) is 18.6. The topological polar surface area (TPSA) is 115 Å². The van der Waals surface area contributed by atoms with Gasteiger partial charge in [-0.25, -0.2) is 19.7 Å². The Morgan fingerprint density at radius 1 is 1.36 bits per heavy atom. The molecule has 2 heterocycles. The summed E-state index contributed by atoms with van der Waals surface area (Å²) in [5, 5.41) is 6.88. The number of amides is 2. The van der Waals surface area contributed by atoms with Gasteiger partial charge in [-0.3, -0.25) is 4.79 Å². The zero-order valence-electron chi connectivity index (χ0n) is 14.8. The maximum absolute atomic E-state index is 12.2. The molecule has 0 aliphatic heterocycles. The first-order valence-corrected chi connectivity index (χ1v) is 7.63. The van der Waals surface area contributed by atoms with Crippen LogP contribution in [0.25, 0.3) is 5.95 Å². The Morgan fingerprint density at radius 2 is 2.00 bits per heavy atom. The Morgan fingerprint density at radius 3 is 2.56 bits per heavy atom. The normalized spacial score (nSPS) is 12.4. The molecule has 0 unspecified atom stereocenters. The second kappa shape index (κ2) is 7.24. The molecule has 0 aliphatic carbocycles. The van der Waals surface area contributed by atoms with Crippen LogP contribution < -0.4 is 10.2 Å². The van der Waals surface area contributed by atoms with E-state index in [1.807, 2.05) is 0 Å². The fourth-order valence-electron chi connectivity index (χ4n) is 1.87. The molecule has 0 bridgehead atoms. The molecule has 0 saturated carbocycles. The van der Waals surface area contributed by atoms with Crippen LogP contribution in [0.1, 0.15) is 39.6 Å². The highest BCUT2D eigenvalue weighted by atomic mass is 16.6. The van der Waals surface area contributed by atoms with E-state index in [-0.39, 0.29) is 11.9 Å². The standard InChI is InChI=1S/C15H21N7O3/c1-10(18-9-23)11-19-13(21(5)14(24)25-15(2,3)4)20-22(11)12-16-7-6-8-17-12/h6-10H,1-5H3,(H,18,23)/t10-/m0/s1. The van der Waals surface area contributed by atoms with E-state index in [2.05, 4.69) is 25.4 Å². The van der Waals surface area contributed by atoms with Crippen LogP contribution in [0.5, 0.6) is 0 Å². The predicted molar refractivity (Wildman–Crippen MR) is 89.2 cm³/mol. The van der Waals surface area contributed by atoms with Crippen molar-refractivity contribution in [1.82, 2.24) is 30.0 Å². The molecule has 2 aromatic heterocycles. The molecule has 10 nitrogen and oxygen atoms in total. The van der Waals surface area contributed by atoms with Crippen LogP contribution in [0.2, 0.25) is 0 Å². The van der Waals surface area contributed by atoms with Crippen molar-refractivity contribution in [2.45, 2.75) is 39.3 Å². The van der Waals surface area contributed by atoms with Crippen molar-refractivity contribution >= 4 is 18.5 Å². The largest absolute Gasteiger partial charge is 0.443 e. The van der Waals surface area contributed by atoms with Crippen molar-refractivity contribution < 1.29 is 14.3 Å². The van der Waals surface area contributed by atoms with E-state index >= 15 is 0 Å². The Bertz CT molecular complexity index is 739. The smallest absolute Gasteiger partial charge is 0.416 e. The van der Waals surface area contributed by atoms with Crippen LogP contribution in [0.4, 0.5) is 10.7 Å². The van der Waals surface area contributed by atoms with Gasteiger partial charge in [-0.15, -0.1) is 5.10 Å². The summed E-state index contributed by atoms with van der Waals surface area (Å²) in [6, 6.07) is 1.20. The highest BCUT2D eigenvalue weighted by Gasteiger charge is 2.26. The van der Waals surface area contributed by atoms with E-state index < -0.39 is 17.7 Å². The Hall–Kier alpha value is -3.04. The van der Waals surface area contributed by atoms with Crippen molar-refractivity contribution in [2.75, 3.05) is 11.9 Å². The van der Waals surface area contributed by atoms with Gasteiger partial charge in [-0.2, -0.15) is 9.67 Å². The van der Waals surface area contributed by atoms with Crippen LogP contribution in [-0.4, -0.2) is 49.9 Å². The summed E-state index contributed by atoms with van der Waals surface area (Å²) >= 11 is 0. The number of ether oxygens (including phenoxy) is 1. The van der Waals surface area contributed by atoms with E-state index in [0.29, 0.717) is 12.2 Å². The molecule has 2 rings (SSSR count). The number of carbonyl (C=O) groups excluding carboxylic acids is 2. The molecule has 0 radical (unpaired) electrons. The fraction of sp³-hybridized carbons (Fsp3) is 0.467. The lowest BCUT2D eigenvalue weighted by Crippen LogP contribution is -2.34. The summed E-state index contributed by atoms with van der Waals surface area (Å²) < 4.78 is 6.68. The lowest BCUT2D eigenvalue weighted by atomic mass is 10.2. The first-order valence-electron chi connectivity index (χ1n) is 7.63. The Kier molecular flexibility index (Phi) is 5.30. The number of hydrogen-bond acceptors (Lipinski definition) is 7. The summed E-state index contributed by atoms with van der Waals surface area (Å²) in [5.41, 5.74) is -0.647. The lowest BCUT2D eigenvalue weighted by molar-refractivity contribution is -0.110. The summed E-state index contributed by atoms with van der Waals surface area (Å²) in [5.74, 6) is 0.758. The molecule has 10 heteroatoms. The van der Waals surface area contributed by atoms with E-state index in [1.54, 1.807) is 46.2 Å². The maximum atomic E-state index is 12.2. The van der Waals surface area contributed by atoms with Gasteiger partial charge in [0, 0.05) is 19.4 Å². The van der Waals surface area contributed by atoms with Crippen LogP contribution in [0.15, 0.2) is 18.5 Å². The fourth-order valence-corrected chi connectivity index (χ4v) is 1.87. The number of nitrogens with zero attached hydrogens (tertiary/aromatic N) is 6. The van der Waals surface area contributed by atoms with E-state index in [1.165, 1.54) is 16.6 Å². The van der Waals surface area contributed by atoms with Gasteiger partial charge in [0.05, 0.1) is 6.04 Å². The predicted octanol–water partition coefficient (Wildman–Crippen LogP) is 1.24. The summed E-state index contributed by atoms with van der Waals surface area (Å²) in [6.07, 6.45) is 3.08. The minimum Gasteiger partial charge on any atom is -0.443 e. The lowest BCUT2D eigenvalue weighted by Gasteiger charge is -2.22. The SMILES string of the molecule is C[C@H](NC=O)c1nc(N(C)C(=O)OC(C)(C)C)nn1-c1ncccn1. The number of rotatable bonds is 5. The van der Waals surface area contributed by atoms with E-state index in [4.69, 9.17) is 4.74 Å². The average molecular weight is 347 g/mol. The average Bonchev–Trinajstić information content (AvgIpc) is 2.99. The van der Waals surface area contributed by atoms with Gasteiger partial charge < -0.3 is 10.1 Å².